The molecule has 0 fully saturated rings. The quantitative estimate of drug-likeness (QED) is 0.743. The molecule has 0 saturated carbocycles. The second-order valence-electron chi connectivity index (χ2n) is 4.57. The molecular weight excluding hydrogens is 234 g/mol. The number of fused-ring (bicyclic) bond motifs is 1. The van der Waals surface area contributed by atoms with E-state index in [1.54, 1.807) is 30.5 Å². The van der Waals surface area contributed by atoms with Gasteiger partial charge in [0.2, 0.25) is 5.95 Å². The highest BCUT2D eigenvalue weighted by Gasteiger charge is 2.19. The number of hydrogen-bond donors (Lipinski definition) is 3. The molecule has 2 heterocycles. The minimum absolute atomic E-state index is 0.152. The van der Waals surface area contributed by atoms with Gasteiger partial charge in [0.1, 0.15) is 0 Å². The van der Waals surface area contributed by atoms with Gasteiger partial charge in [0.15, 0.2) is 5.65 Å². The van der Waals surface area contributed by atoms with Gasteiger partial charge in [-0.3, -0.25) is 9.72 Å². The maximum Gasteiger partial charge on any atom is 0.322 e. The van der Waals surface area contributed by atoms with Crippen molar-refractivity contribution in [3.63, 3.8) is 0 Å². The molecule has 0 radical (unpaired) electrons. The molecule has 0 bridgehead atoms. The fourth-order valence-corrected chi connectivity index (χ4v) is 1.41. The minimum Gasteiger partial charge on any atom is -0.394 e. The van der Waals surface area contributed by atoms with Gasteiger partial charge in [-0.15, -0.1) is 10.2 Å². The van der Waals surface area contributed by atoms with Crippen LogP contribution in [0.5, 0.6) is 0 Å². The average Bonchev–Trinajstić information content (AvgIpc) is 2.72. The van der Waals surface area contributed by atoms with Gasteiger partial charge in [0.25, 0.3) is 0 Å². The summed E-state index contributed by atoms with van der Waals surface area (Å²) in [7, 11) is 0. The Labute approximate surface area is 104 Å². The van der Waals surface area contributed by atoms with E-state index in [1.165, 1.54) is 0 Å². The number of aromatic nitrogens is 3. The minimum atomic E-state index is -0.690. The van der Waals surface area contributed by atoms with E-state index in [0.717, 1.165) is 0 Å². The van der Waals surface area contributed by atoms with Crippen LogP contribution < -0.4 is 10.6 Å². The molecule has 96 valence electrons. The van der Waals surface area contributed by atoms with Gasteiger partial charge < -0.3 is 10.4 Å². The molecule has 0 aliphatic carbocycles. The van der Waals surface area contributed by atoms with Crippen molar-refractivity contribution in [3.8, 4) is 0 Å². The maximum absolute atomic E-state index is 11.7. The van der Waals surface area contributed by atoms with Crippen LogP contribution in [0, 0.1) is 0 Å². The van der Waals surface area contributed by atoms with E-state index in [2.05, 4.69) is 20.8 Å². The van der Waals surface area contributed by atoms with Crippen molar-refractivity contribution in [2.45, 2.75) is 19.4 Å². The van der Waals surface area contributed by atoms with Crippen molar-refractivity contribution in [1.82, 2.24) is 19.9 Å². The monoisotopic (exact) mass is 249 g/mol. The van der Waals surface area contributed by atoms with Crippen LogP contribution in [0.3, 0.4) is 0 Å². The highest BCUT2D eigenvalue weighted by atomic mass is 16.3. The molecule has 7 heteroatoms. The highest BCUT2D eigenvalue weighted by molar-refractivity contribution is 5.88. The Balaban J connectivity index is 2.12. The number of pyridine rings is 1. The summed E-state index contributed by atoms with van der Waals surface area (Å²) in [5, 5.41) is 22.1. The lowest BCUT2D eigenvalue weighted by molar-refractivity contribution is 0.187. The number of rotatable bonds is 3. The Morgan fingerprint density at radius 3 is 2.94 bits per heavy atom. The van der Waals surface area contributed by atoms with Crippen molar-refractivity contribution < 1.29 is 9.90 Å². The van der Waals surface area contributed by atoms with Crippen molar-refractivity contribution in [2.75, 3.05) is 11.9 Å². The summed E-state index contributed by atoms with van der Waals surface area (Å²) in [5.74, 6) is 0.330. The number of nitrogens with one attached hydrogen (secondary N) is 2. The van der Waals surface area contributed by atoms with Crippen molar-refractivity contribution >= 4 is 17.6 Å². The van der Waals surface area contributed by atoms with Crippen LogP contribution in [-0.2, 0) is 0 Å². The second kappa shape index (κ2) is 4.61. The molecule has 18 heavy (non-hydrogen) atoms. The van der Waals surface area contributed by atoms with Crippen LogP contribution in [0.1, 0.15) is 13.8 Å². The Kier molecular flexibility index (Phi) is 3.15. The third-order valence-electron chi connectivity index (χ3n) is 2.39. The number of carbonyl (C=O) groups is 1. The Morgan fingerprint density at radius 1 is 1.44 bits per heavy atom. The van der Waals surface area contributed by atoms with E-state index in [0.29, 0.717) is 11.6 Å². The molecule has 0 aliphatic heterocycles. The number of urea groups is 1. The molecule has 2 aromatic heterocycles. The van der Waals surface area contributed by atoms with Crippen LogP contribution >= 0.6 is 0 Å². The largest absolute Gasteiger partial charge is 0.394 e. The van der Waals surface area contributed by atoms with E-state index < -0.39 is 11.6 Å². The van der Waals surface area contributed by atoms with Gasteiger partial charge in [-0.05, 0) is 26.0 Å². The standard InChI is InChI=1S/C11H15N5O2/c1-11(2,7-17)13-10(18)12-9-15-14-8-5-3-4-6-16(8)9/h3-6,17H,7H2,1-2H3,(H2,12,13,15,18). The normalized spacial score (nSPS) is 11.5. The zero-order chi connectivity index (χ0) is 13.2. The molecular formula is C11H15N5O2. The number of aliphatic hydroxyl groups is 1. The van der Waals surface area contributed by atoms with Gasteiger partial charge in [0.05, 0.1) is 12.1 Å². The fraction of sp³-hybridized carbons (Fsp3) is 0.364. The van der Waals surface area contributed by atoms with Crippen LogP contribution in [-0.4, -0.2) is 37.9 Å². The van der Waals surface area contributed by atoms with Crippen LogP contribution in [0.2, 0.25) is 0 Å². The summed E-state index contributed by atoms with van der Waals surface area (Å²) in [4.78, 5) is 11.7. The molecule has 3 N–H and O–H groups in total. The zero-order valence-corrected chi connectivity index (χ0v) is 10.2. The molecule has 2 aromatic rings. The number of nitrogens with zero attached hydrogens (tertiary/aromatic N) is 3. The van der Waals surface area contributed by atoms with E-state index in [-0.39, 0.29) is 6.61 Å². The van der Waals surface area contributed by atoms with Gasteiger partial charge in [0, 0.05) is 6.20 Å². The van der Waals surface area contributed by atoms with Gasteiger partial charge in [-0.1, -0.05) is 6.07 Å². The Morgan fingerprint density at radius 2 is 2.22 bits per heavy atom. The third kappa shape index (κ3) is 2.57. The first-order valence-electron chi connectivity index (χ1n) is 5.52. The molecule has 7 nitrogen and oxygen atoms in total. The zero-order valence-electron chi connectivity index (χ0n) is 10.2. The first-order valence-corrected chi connectivity index (χ1v) is 5.52. The third-order valence-corrected chi connectivity index (χ3v) is 2.39. The summed E-state index contributed by atoms with van der Waals surface area (Å²) in [6, 6.07) is 5.00. The predicted molar refractivity (Wildman–Crippen MR) is 66.3 cm³/mol. The lowest BCUT2D eigenvalue weighted by atomic mass is 10.1. The van der Waals surface area contributed by atoms with Crippen LogP contribution in [0.15, 0.2) is 24.4 Å². The number of amides is 2. The smallest absolute Gasteiger partial charge is 0.322 e. The SMILES string of the molecule is CC(C)(CO)NC(=O)Nc1nnc2ccccn12. The van der Waals surface area contributed by atoms with E-state index in [9.17, 15) is 4.79 Å². The lowest BCUT2D eigenvalue weighted by Gasteiger charge is -2.23. The summed E-state index contributed by atoms with van der Waals surface area (Å²) < 4.78 is 1.66. The van der Waals surface area contributed by atoms with E-state index in [1.807, 2.05) is 12.1 Å². The van der Waals surface area contributed by atoms with E-state index in [4.69, 9.17) is 5.11 Å². The van der Waals surface area contributed by atoms with Crippen molar-refractivity contribution in [1.29, 1.82) is 0 Å². The number of carbonyl (C=O) groups excluding carboxylic acids is 1. The molecule has 0 unspecified atom stereocenters. The number of aliphatic hydroxyl groups excluding tert-OH is 1. The summed E-state index contributed by atoms with van der Waals surface area (Å²) >= 11 is 0. The van der Waals surface area contributed by atoms with Crippen LogP contribution in [0.4, 0.5) is 10.7 Å². The molecule has 0 atom stereocenters. The van der Waals surface area contributed by atoms with Crippen LogP contribution in [0.25, 0.3) is 5.65 Å². The average molecular weight is 249 g/mol. The summed E-state index contributed by atoms with van der Waals surface area (Å²) in [5.41, 5.74) is -0.0425. The van der Waals surface area contributed by atoms with E-state index >= 15 is 0 Å². The fourth-order valence-electron chi connectivity index (χ4n) is 1.41. The first-order chi connectivity index (χ1) is 8.52. The van der Waals surface area contributed by atoms with Gasteiger partial charge >= 0.3 is 6.03 Å². The lowest BCUT2D eigenvalue weighted by Crippen LogP contribution is -2.48. The molecule has 0 saturated heterocycles. The Bertz CT molecular complexity index is 563. The van der Waals surface area contributed by atoms with Crippen molar-refractivity contribution in [3.05, 3.63) is 24.4 Å². The van der Waals surface area contributed by atoms with Gasteiger partial charge in [-0.25, -0.2) is 4.79 Å². The molecule has 2 amide bonds. The van der Waals surface area contributed by atoms with Crippen molar-refractivity contribution in [2.24, 2.45) is 0 Å². The number of hydrogen-bond acceptors (Lipinski definition) is 4. The molecule has 2 rings (SSSR count). The predicted octanol–water partition coefficient (Wildman–Crippen LogP) is 0.622. The highest BCUT2D eigenvalue weighted by Crippen LogP contribution is 2.08. The topological polar surface area (TPSA) is 91.5 Å². The first kappa shape index (κ1) is 12.3. The maximum atomic E-state index is 11.7. The summed E-state index contributed by atoms with van der Waals surface area (Å²) in [6.07, 6.45) is 1.75. The molecule has 0 spiro atoms. The number of anilines is 1. The summed E-state index contributed by atoms with van der Waals surface area (Å²) in [6.45, 7) is 3.28. The van der Waals surface area contributed by atoms with Gasteiger partial charge in [-0.2, -0.15) is 0 Å². The Hall–Kier alpha value is -2.15. The second-order valence-corrected chi connectivity index (χ2v) is 4.57. The molecule has 0 aliphatic rings. The molecule has 0 aromatic carbocycles.